The van der Waals surface area contributed by atoms with E-state index in [1.165, 1.54) is 6.20 Å². The number of nitrogens with zero attached hydrogens (tertiary/aromatic N) is 3. The molecule has 3 amide bonds. The van der Waals surface area contributed by atoms with Crippen molar-refractivity contribution in [1.29, 1.82) is 0 Å². The lowest BCUT2D eigenvalue weighted by Gasteiger charge is -2.43. The van der Waals surface area contributed by atoms with Gasteiger partial charge in [-0.2, -0.15) is 0 Å². The number of aliphatic carboxylic acids is 1. The van der Waals surface area contributed by atoms with Crippen molar-refractivity contribution in [2.75, 3.05) is 5.73 Å². The summed E-state index contributed by atoms with van der Waals surface area (Å²) in [5, 5.41) is 12.3. The number of rotatable bonds is 6. The van der Waals surface area contributed by atoms with Crippen LogP contribution in [0.3, 0.4) is 0 Å². The number of carbonyl (C=O) groups excluding carboxylic acids is 2. The summed E-state index contributed by atoms with van der Waals surface area (Å²) in [6.45, 7) is 3.89. The normalized spacial score (nSPS) is 26.7. The SMILES string of the molecule is CC(CC1C=NC=CC1C)NC(=O)N1C(=O)[C@H](Cc2ccnc(N)c2)[C@H]1C(=O)O. The van der Waals surface area contributed by atoms with Gasteiger partial charge < -0.3 is 16.2 Å². The lowest BCUT2D eigenvalue weighted by molar-refractivity contribution is -0.165. The molecule has 0 saturated carbocycles. The quantitative estimate of drug-likeness (QED) is 0.619. The van der Waals surface area contributed by atoms with Gasteiger partial charge in [0.05, 0.1) is 5.92 Å². The molecule has 154 valence electrons. The molecule has 29 heavy (non-hydrogen) atoms. The summed E-state index contributed by atoms with van der Waals surface area (Å²) in [7, 11) is 0. The highest BCUT2D eigenvalue weighted by molar-refractivity contribution is 6.07. The summed E-state index contributed by atoms with van der Waals surface area (Å²) in [5.74, 6) is -1.78. The molecule has 9 nitrogen and oxygen atoms in total. The Labute approximate surface area is 168 Å². The number of aliphatic imine (C=N–C) groups is 1. The minimum atomic E-state index is -1.21. The van der Waals surface area contributed by atoms with Gasteiger partial charge in [-0.25, -0.2) is 19.5 Å². The molecule has 1 aromatic heterocycles. The third kappa shape index (κ3) is 4.44. The van der Waals surface area contributed by atoms with Gasteiger partial charge in [0.1, 0.15) is 5.82 Å². The fraction of sp³-hybridized carbons (Fsp3) is 0.450. The van der Waals surface area contributed by atoms with E-state index in [1.54, 1.807) is 18.3 Å². The first-order valence-electron chi connectivity index (χ1n) is 9.54. The lowest BCUT2D eigenvalue weighted by atomic mass is 9.82. The van der Waals surface area contributed by atoms with Crippen molar-refractivity contribution in [3.05, 3.63) is 36.2 Å². The Kier molecular flexibility index (Phi) is 5.95. The molecule has 1 saturated heterocycles. The first kappa shape index (κ1) is 20.5. The number of pyridine rings is 1. The third-order valence-electron chi connectivity index (χ3n) is 5.41. The average Bonchev–Trinajstić information content (AvgIpc) is 2.65. The van der Waals surface area contributed by atoms with E-state index in [-0.39, 0.29) is 18.4 Å². The zero-order valence-electron chi connectivity index (χ0n) is 16.4. The molecule has 9 heteroatoms. The summed E-state index contributed by atoms with van der Waals surface area (Å²) < 4.78 is 0. The van der Waals surface area contributed by atoms with Crippen molar-refractivity contribution >= 4 is 29.9 Å². The highest BCUT2D eigenvalue weighted by Crippen LogP contribution is 2.31. The van der Waals surface area contributed by atoms with Crippen molar-refractivity contribution in [1.82, 2.24) is 15.2 Å². The van der Waals surface area contributed by atoms with Crippen LogP contribution in [0.1, 0.15) is 25.8 Å². The number of imide groups is 1. The molecule has 1 aromatic rings. The predicted octanol–water partition coefficient (Wildman–Crippen LogP) is 1.46. The van der Waals surface area contributed by atoms with Crippen molar-refractivity contribution in [2.45, 2.75) is 38.8 Å². The van der Waals surface area contributed by atoms with E-state index in [4.69, 9.17) is 5.73 Å². The van der Waals surface area contributed by atoms with Crippen LogP contribution in [0.25, 0.3) is 0 Å². The van der Waals surface area contributed by atoms with E-state index in [1.807, 2.05) is 19.2 Å². The molecule has 2 aliphatic rings. The molecule has 0 bridgehead atoms. The highest BCUT2D eigenvalue weighted by Gasteiger charge is 2.54. The fourth-order valence-corrected chi connectivity index (χ4v) is 3.78. The smallest absolute Gasteiger partial charge is 0.327 e. The first-order chi connectivity index (χ1) is 13.8. The van der Waals surface area contributed by atoms with Crippen LogP contribution in [0.15, 0.2) is 35.6 Å². The molecular formula is C20H25N5O4. The minimum absolute atomic E-state index is 0.169. The maximum Gasteiger partial charge on any atom is 0.327 e. The second-order valence-corrected chi connectivity index (χ2v) is 7.64. The van der Waals surface area contributed by atoms with Crippen molar-refractivity contribution in [2.24, 2.45) is 22.7 Å². The van der Waals surface area contributed by atoms with Crippen LogP contribution >= 0.6 is 0 Å². The molecule has 0 aliphatic carbocycles. The maximum absolute atomic E-state index is 12.6. The van der Waals surface area contributed by atoms with Gasteiger partial charge in [-0.05, 0) is 43.4 Å². The number of carbonyl (C=O) groups is 3. The molecule has 0 aromatic carbocycles. The van der Waals surface area contributed by atoms with Crippen LogP contribution < -0.4 is 11.1 Å². The molecule has 3 rings (SSSR count). The van der Waals surface area contributed by atoms with Gasteiger partial charge in [0.2, 0.25) is 5.91 Å². The number of allylic oxidation sites excluding steroid dienone is 1. The number of nitrogens with one attached hydrogen (secondary N) is 1. The van der Waals surface area contributed by atoms with Crippen molar-refractivity contribution in [3.8, 4) is 0 Å². The largest absolute Gasteiger partial charge is 0.480 e. The molecule has 3 unspecified atom stereocenters. The second kappa shape index (κ2) is 8.42. The number of carboxylic acids is 1. The summed E-state index contributed by atoms with van der Waals surface area (Å²) in [6, 6.07) is 1.14. The minimum Gasteiger partial charge on any atom is -0.480 e. The van der Waals surface area contributed by atoms with Gasteiger partial charge >= 0.3 is 12.0 Å². The number of aromatic nitrogens is 1. The molecule has 2 aliphatic heterocycles. The Morgan fingerprint density at radius 1 is 1.41 bits per heavy atom. The Morgan fingerprint density at radius 3 is 2.83 bits per heavy atom. The van der Waals surface area contributed by atoms with E-state index in [2.05, 4.69) is 22.2 Å². The maximum atomic E-state index is 12.6. The number of hydrogen-bond acceptors (Lipinski definition) is 6. The van der Waals surface area contributed by atoms with Crippen LogP contribution in [-0.2, 0) is 16.0 Å². The molecule has 0 radical (unpaired) electrons. The monoisotopic (exact) mass is 399 g/mol. The van der Waals surface area contributed by atoms with E-state index in [9.17, 15) is 19.5 Å². The number of nitrogen functional groups attached to an aromatic ring is 1. The Hall–Kier alpha value is -3.23. The highest BCUT2D eigenvalue weighted by atomic mass is 16.4. The average molecular weight is 399 g/mol. The van der Waals surface area contributed by atoms with Gasteiger partial charge in [0.25, 0.3) is 0 Å². The van der Waals surface area contributed by atoms with Crippen molar-refractivity contribution in [3.63, 3.8) is 0 Å². The van der Waals surface area contributed by atoms with Gasteiger partial charge in [-0.1, -0.05) is 13.0 Å². The number of urea groups is 1. The molecule has 0 spiro atoms. The second-order valence-electron chi connectivity index (χ2n) is 7.64. The number of amides is 3. The first-order valence-corrected chi connectivity index (χ1v) is 9.54. The summed E-state index contributed by atoms with van der Waals surface area (Å²) in [4.78, 5) is 45.7. The lowest BCUT2D eigenvalue weighted by Crippen LogP contribution is -2.69. The molecule has 3 heterocycles. The Balaban J connectivity index is 1.62. The number of hydrogen-bond donors (Lipinski definition) is 3. The molecule has 5 atom stereocenters. The molecular weight excluding hydrogens is 374 g/mol. The number of β-lactam (4-membered cyclic amide) rings is 1. The van der Waals surface area contributed by atoms with E-state index < -0.39 is 29.9 Å². The number of nitrogens with two attached hydrogens (primary N) is 1. The van der Waals surface area contributed by atoms with Gasteiger partial charge in [0, 0.05) is 30.6 Å². The Bertz CT molecular complexity index is 868. The van der Waals surface area contributed by atoms with Gasteiger partial charge in [0.15, 0.2) is 6.04 Å². The standard InChI is InChI=1S/C20H25N5O4/c1-11-3-5-22-10-14(11)7-12(2)24-20(29)25-17(19(27)28)15(18(25)26)8-13-4-6-23-16(21)9-13/h3-6,9-12,14-15,17H,7-8H2,1-2H3,(H2,21,23)(H,24,29)(H,27,28)/t11?,12?,14?,15-,17+/m1/s1. The topological polar surface area (TPSA) is 138 Å². The summed E-state index contributed by atoms with van der Waals surface area (Å²) in [6.07, 6.45) is 7.91. The van der Waals surface area contributed by atoms with Crippen LogP contribution in [0.4, 0.5) is 10.6 Å². The van der Waals surface area contributed by atoms with Crippen molar-refractivity contribution < 1.29 is 19.5 Å². The van der Waals surface area contributed by atoms with E-state index in [0.29, 0.717) is 23.7 Å². The molecule has 4 N–H and O–H groups in total. The van der Waals surface area contributed by atoms with Gasteiger partial charge in [-0.3, -0.25) is 9.79 Å². The van der Waals surface area contributed by atoms with Crippen LogP contribution in [0, 0.1) is 17.8 Å². The summed E-state index contributed by atoms with van der Waals surface area (Å²) in [5.41, 5.74) is 6.34. The zero-order valence-corrected chi connectivity index (χ0v) is 16.4. The van der Waals surface area contributed by atoms with Gasteiger partial charge in [-0.15, -0.1) is 0 Å². The zero-order chi connectivity index (χ0) is 21.1. The van der Waals surface area contributed by atoms with E-state index >= 15 is 0 Å². The number of carboxylic acid groups (broad SMARTS) is 1. The van der Waals surface area contributed by atoms with Crippen LogP contribution in [-0.4, -0.2) is 51.2 Å². The fourth-order valence-electron chi connectivity index (χ4n) is 3.78. The number of anilines is 1. The third-order valence-corrected chi connectivity index (χ3v) is 5.41. The number of likely N-dealkylation sites (tertiary alicyclic amines) is 1. The van der Waals surface area contributed by atoms with E-state index in [0.717, 1.165) is 4.90 Å². The van der Waals surface area contributed by atoms with Crippen LogP contribution in [0.2, 0.25) is 0 Å². The Morgan fingerprint density at radius 2 is 2.17 bits per heavy atom. The summed E-state index contributed by atoms with van der Waals surface area (Å²) >= 11 is 0. The molecule has 1 fully saturated rings. The predicted molar refractivity (Wildman–Crippen MR) is 107 cm³/mol. The van der Waals surface area contributed by atoms with Crippen LogP contribution in [0.5, 0.6) is 0 Å².